The van der Waals surface area contributed by atoms with Crippen molar-refractivity contribution in [3.8, 4) is 0 Å². The Morgan fingerprint density at radius 1 is 1.31 bits per heavy atom. The molecule has 1 aromatic rings. The van der Waals surface area contributed by atoms with Crippen molar-refractivity contribution in [3.63, 3.8) is 0 Å². The molecule has 0 amide bonds. The summed E-state index contributed by atoms with van der Waals surface area (Å²) in [6, 6.07) is 0. The van der Waals surface area contributed by atoms with Gasteiger partial charge in [-0.1, -0.05) is 33.5 Å². The number of hydrogen-bond donors (Lipinski definition) is 0. The van der Waals surface area contributed by atoms with Crippen LogP contribution in [0.4, 0.5) is 0 Å². The normalized spacial score (nSPS) is 16.4. The van der Waals surface area contributed by atoms with Crippen LogP contribution in [0.3, 0.4) is 0 Å². The van der Waals surface area contributed by atoms with Crippen LogP contribution in [-0.4, -0.2) is 10.5 Å². The molecule has 1 aliphatic heterocycles. The predicted octanol–water partition coefficient (Wildman–Crippen LogP) is 2.84. The van der Waals surface area contributed by atoms with Gasteiger partial charge in [0.15, 0.2) is 0 Å². The predicted molar refractivity (Wildman–Crippen MR) is 58.3 cm³/mol. The first-order valence-corrected chi connectivity index (χ1v) is 6.90. The summed E-state index contributed by atoms with van der Waals surface area (Å²) in [4.78, 5) is 16.4. The lowest BCUT2D eigenvalue weighted by Crippen LogP contribution is -2.04. The molecule has 0 fully saturated rings. The topological polar surface area (TPSA) is 29.5 Å². The summed E-state index contributed by atoms with van der Waals surface area (Å²) in [6.45, 7) is 2.80. The third-order valence-corrected chi connectivity index (χ3v) is 6.01. The Kier molecular flexibility index (Phi) is 3.33. The Bertz CT molecular complexity index is 320. The van der Waals surface area contributed by atoms with E-state index >= 15 is 0 Å². The van der Waals surface area contributed by atoms with Gasteiger partial charge in [0, 0.05) is 23.9 Å². The highest BCUT2D eigenvalue weighted by Crippen LogP contribution is 2.49. The third-order valence-electron chi connectivity index (χ3n) is 1.23. The van der Waals surface area contributed by atoms with Gasteiger partial charge in [-0.3, -0.25) is 9.63 Å². The molecule has 3 nitrogen and oxygen atoms in total. The van der Waals surface area contributed by atoms with Gasteiger partial charge in [0.05, 0.1) is 6.61 Å². The van der Waals surface area contributed by atoms with E-state index in [0.717, 1.165) is 21.4 Å². The van der Waals surface area contributed by atoms with Crippen LogP contribution < -0.4 is 4.06 Å². The maximum Gasteiger partial charge on any atom is 0.289 e. The Hall–Kier alpha value is 0.470. The molecule has 1 aromatic heterocycles. The van der Waals surface area contributed by atoms with Crippen LogP contribution in [0, 0.1) is 0 Å². The Morgan fingerprint density at radius 3 is 2.46 bits per heavy atom. The quantitative estimate of drug-likeness (QED) is 0.773. The van der Waals surface area contributed by atoms with E-state index in [-0.39, 0.29) is 4.06 Å². The van der Waals surface area contributed by atoms with E-state index in [4.69, 9.17) is 4.84 Å². The molecule has 7 heteroatoms. The molecule has 72 valence electrons. The summed E-state index contributed by atoms with van der Waals surface area (Å²) < 4.78 is 4.06. The number of hydrogen-bond acceptors (Lipinski definition) is 7. The van der Waals surface area contributed by atoms with E-state index in [1.165, 1.54) is 46.6 Å². The second-order valence-corrected chi connectivity index (χ2v) is 7.09. The van der Waals surface area contributed by atoms with Crippen molar-refractivity contribution >= 4 is 46.6 Å². The van der Waals surface area contributed by atoms with E-state index in [9.17, 15) is 4.79 Å². The maximum absolute atomic E-state index is 11.0. The van der Waals surface area contributed by atoms with Crippen molar-refractivity contribution in [1.29, 1.82) is 0 Å². The van der Waals surface area contributed by atoms with Gasteiger partial charge in [-0.15, -0.1) is 0 Å². The zero-order valence-corrected chi connectivity index (χ0v) is 10.1. The van der Waals surface area contributed by atoms with E-state index in [0.29, 0.717) is 0 Å². The summed E-state index contributed by atoms with van der Waals surface area (Å²) in [7, 11) is 0. The van der Waals surface area contributed by atoms with Crippen LogP contribution in [0.15, 0.2) is 13.2 Å². The van der Waals surface area contributed by atoms with Crippen molar-refractivity contribution in [3.05, 3.63) is 8.85 Å². The average Bonchev–Trinajstić information content (AvgIpc) is 2.57. The van der Waals surface area contributed by atoms with Gasteiger partial charge in [0.1, 0.15) is 8.42 Å². The van der Waals surface area contributed by atoms with Crippen molar-refractivity contribution < 1.29 is 4.84 Å². The fourth-order valence-corrected chi connectivity index (χ4v) is 5.85. The monoisotopic (exact) mass is 253 g/mol. The summed E-state index contributed by atoms with van der Waals surface area (Å²) in [5.74, 6) is 0. The number of rotatable bonds is 3. The third kappa shape index (κ3) is 2.28. The minimum absolute atomic E-state index is 0.167. The summed E-state index contributed by atoms with van der Waals surface area (Å²) >= 11 is 5.59. The van der Waals surface area contributed by atoms with Crippen molar-refractivity contribution in [2.24, 2.45) is 0 Å². The second-order valence-electron chi connectivity index (χ2n) is 2.27. The van der Waals surface area contributed by atoms with Crippen LogP contribution in [0.1, 0.15) is 13.3 Å². The Morgan fingerprint density at radius 2 is 1.92 bits per heavy atom. The molecular formula is C6H7NO2S4. The lowest BCUT2D eigenvalue weighted by Gasteiger charge is -2.09. The molecule has 2 rings (SSSR count). The molecule has 0 radical (unpaired) electrons. The van der Waals surface area contributed by atoms with Crippen molar-refractivity contribution in [2.75, 3.05) is 6.61 Å². The minimum atomic E-state index is 0.167. The van der Waals surface area contributed by atoms with E-state index in [1.54, 1.807) is 3.87 Å². The average molecular weight is 253 g/mol. The Labute approximate surface area is 92.3 Å². The van der Waals surface area contributed by atoms with Crippen molar-refractivity contribution in [1.82, 2.24) is 3.87 Å². The van der Waals surface area contributed by atoms with Gasteiger partial charge >= 0.3 is 0 Å². The van der Waals surface area contributed by atoms with Crippen LogP contribution in [-0.2, 0) is 4.84 Å². The molecule has 1 aliphatic rings. The zero-order chi connectivity index (χ0) is 9.26. The standard InChI is InChI=1S/C6H7NO2S4/c1-2-3-9-7-12-4-5(13-7)11-6(8)10-4/h2-3H2,1H3. The summed E-state index contributed by atoms with van der Waals surface area (Å²) in [5, 5.41) is 0. The summed E-state index contributed by atoms with van der Waals surface area (Å²) in [5.41, 5.74) is 0. The first-order valence-electron chi connectivity index (χ1n) is 3.72. The molecule has 0 saturated carbocycles. The zero-order valence-electron chi connectivity index (χ0n) is 6.81. The minimum Gasteiger partial charge on any atom is -0.277 e. The lowest BCUT2D eigenvalue weighted by atomic mass is 10.5. The largest absolute Gasteiger partial charge is 0.289 e. The molecule has 0 N–H and O–H groups in total. The van der Waals surface area contributed by atoms with Crippen molar-refractivity contribution in [2.45, 2.75) is 21.8 Å². The Balaban J connectivity index is 1.98. The molecule has 0 atom stereocenters. The fraction of sp³-hybridized carbons (Fsp3) is 0.500. The number of nitrogens with zero attached hydrogens (tertiary/aromatic N) is 1. The lowest BCUT2D eigenvalue weighted by molar-refractivity contribution is 0.00471. The summed E-state index contributed by atoms with van der Waals surface area (Å²) in [6.07, 6.45) is 1.00. The second kappa shape index (κ2) is 4.33. The molecule has 0 spiro atoms. The van der Waals surface area contributed by atoms with Gasteiger partial charge in [0.25, 0.3) is 4.06 Å². The SMILES string of the molecule is CCCON1Sc2sc(=O)sc2S1. The molecular weight excluding hydrogens is 246 g/mol. The van der Waals surface area contributed by atoms with Gasteiger partial charge in [0.2, 0.25) is 0 Å². The van der Waals surface area contributed by atoms with Crippen LogP contribution in [0.5, 0.6) is 0 Å². The first kappa shape index (κ1) is 10.0. The fourth-order valence-electron chi connectivity index (χ4n) is 0.740. The highest BCUT2D eigenvalue weighted by molar-refractivity contribution is 8.16. The highest BCUT2D eigenvalue weighted by Gasteiger charge is 2.25. The van der Waals surface area contributed by atoms with Gasteiger partial charge in [-0.05, 0) is 6.42 Å². The van der Waals surface area contributed by atoms with E-state index in [1.807, 2.05) is 0 Å². The molecule has 2 heterocycles. The molecule has 0 unspecified atom stereocenters. The molecule has 13 heavy (non-hydrogen) atoms. The maximum atomic E-state index is 11.0. The van der Waals surface area contributed by atoms with Gasteiger partial charge in [-0.2, -0.15) is 0 Å². The van der Waals surface area contributed by atoms with E-state index in [2.05, 4.69) is 6.92 Å². The van der Waals surface area contributed by atoms with Crippen LogP contribution in [0.25, 0.3) is 0 Å². The molecule has 0 saturated heterocycles. The van der Waals surface area contributed by atoms with Gasteiger partial charge < -0.3 is 0 Å². The van der Waals surface area contributed by atoms with Crippen LogP contribution in [0.2, 0.25) is 0 Å². The molecule has 0 aliphatic carbocycles. The molecule has 0 aromatic carbocycles. The van der Waals surface area contributed by atoms with Gasteiger partial charge in [-0.25, -0.2) is 0 Å². The molecule has 0 bridgehead atoms. The van der Waals surface area contributed by atoms with Crippen LogP contribution >= 0.6 is 46.6 Å². The smallest absolute Gasteiger partial charge is 0.277 e. The first-order chi connectivity index (χ1) is 6.29. The number of fused-ring (bicyclic) bond motifs is 1. The highest BCUT2D eigenvalue weighted by atomic mass is 32.3. The van der Waals surface area contributed by atoms with E-state index < -0.39 is 0 Å².